The molecule has 2 atom stereocenters. The van der Waals surface area contributed by atoms with Crippen molar-refractivity contribution in [2.45, 2.75) is 51.4 Å². The summed E-state index contributed by atoms with van der Waals surface area (Å²) >= 11 is 0. The van der Waals surface area contributed by atoms with Gasteiger partial charge in [0, 0.05) is 6.04 Å². The molecule has 0 radical (unpaired) electrons. The topological polar surface area (TPSA) is 25.2 Å². The first-order valence-corrected chi connectivity index (χ1v) is 6.30. The zero-order valence-corrected chi connectivity index (χ0v) is 10.4. The summed E-state index contributed by atoms with van der Waals surface area (Å²) in [6.07, 6.45) is -0.553. The van der Waals surface area contributed by atoms with Crippen LogP contribution >= 0.6 is 0 Å². The van der Waals surface area contributed by atoms with Crippen molar-refractivity contribution in [1.82, 2.24) is 5.32 Å². The van der Waals surface area contributed by atoms with Gasteiger partial charge >= 0.3 is 6.18 Å². The lowest BCUT2D eigenvalue weighted by Crippen LogP contribution is -2.38. The Hall–Kier alpha value is -0.970. The molecule has 1 heterocycles. The van der Waals surface area contributed by atoms with Crippen LogP contribution in [0.4, 0.5) is 13.2 Å². The molecule has 1 aliphatic carbocycles. The lowest BCUT2D eigenvalue weighted by atomic mass is 9.85. The fourth-order valence-electron chi connectivity index (χ4n) is 2.49. The highest BCUT2D eigenvalue weighted by molar-refractivity contribution is 5.14. The van der Waals surface area contributed by atoms with E-state index in [-0.39, 0.29) is 18.9 Å². The molecule has 1 N–H and O–H groups in total. The van der Waals surface area contributed by atoms with Gasteiger partial charge in [-0.1, -0.05) is 6.42 Å². The summed E-state index contributed by atoms with van der Waals surface area (Å²) in [4.78, 5) is 0. The summed E-state index contributed by atoms with van der Waals surface area (Å²) in [6.45, 7) is 2.44. The number of aryl methyl sites for hydroxylation is 1. The lowest BCUT2D eigenvalue weighted by molar-refractivity contribution is -0.183. The van der Waals surface area contributed by atoms with E-state index in [1.807, 2.05) is 13.0 Å². The van der Waals surface area contributed by atoms with E-state index in [2.05, 4.69) is 5.32 Å². The summed E-state index contributed by atoms with van der Waals surface area (Å²) in [5.41, 5.74) is 1.03. The molecule has 1 aromatic rings. The Balaban J connectivity index is 1.85. The first-order valence-electron chi connectivity index (χ1n) is 6.30. The second kappa shape index (κ2) is 5.34. The molecule has 0 spiro atoms. The summed E-state index contributed by atoms with van der Waals surface area (Å²) in [5.74, 6) is -0.342. The monoisotopic (exact) mass is 261 g/mol. The number of furan rings is 1. The third-order valence-corrected chi connectivity index (χ3v) is 3.66. The molecular weight excluding hydrogens is 243 g/mol. The minimum Gasteiger partial charge on any atom is -0.468 e. The summed E-state index contributed by atoms with van der Waals surface area (Å²) in [7, 11) is 0. The van der Waals surface area contributed by atoms with E-state index in [0.717, 1.165) is 17.7 Å². The Labute approximate surface area is 105 Å². The van der Waals surface area contributed by atoms with Gasteiger partial charge in [-0.25, -0.2) is 0 Å². The molecule has 1 fully saturated rings. The molecule has 0 bridgehead atoms. The second-order valence-electron chi connectivity index (χ2n) is 5.01. The van der Waals surface area contributed by atoms with Crippen LogP contribution in [-0.2, 0) is 6.54 Å². The Morgan fingerprint density at radius 2 is 2.17 bits per heavy atom. The van der Waals surface area contributed by atoms with E-state index in [1.165, 1.54) is 0 Å². The molecule has 1 aromatic heterocycles. The Morgan fingerprint density at radius 3 is 2.78 bits per heavy atom. The molecule has 18 heavy (non-hydrogen) atoms. The summed E-state index contributed by atoms with van der Waals surface area (Å²) in [6, 6.07) is 1.80. The van der Waals surface area contributed by atoms with Crippen molar-refractivity contribution < 1.29 is 17.6 Å². The van der Waals surface area contributed by atoms with Crippen LogP contribution in [0.5, 0.6) is 0 Å². The first-order chi connectivity index (χ1) is 8.47. The molecule has 2 nitrogen and oxygen atoms in total. The number of rotatable bonds is 3. The van der Waals surface area contributed by atoms with Crippen LogP contribution in [0, 0.1) is 12.8 Å². The average molecular weight is 261 g/mol. The fraction of sp³-hybridized carbons (Fsp3) is 0.692. The van der Waals surface area contributed by atoms with Crippen LogP contribution in [0.1, 0.15) is 37.0 Å². The molecular formula is C13H18F3NO. The van der Waals surface area contributed by atoms with Crippen molar-refractivity contribution in [1.29, 1.82) is 0 Å². The zero-order chi connectivity index (χ0) is 13.2. The normalized spacial score (nSPS) is 25.3. The smallest absolute Gasteiger partial charge is 0.391 e. The Kier molecular flexibility index (Phi) is 4.00. The number of hydrogen-bond donors (Lipinski definition) is 1. The van der Waals surface area contributed by atoms with Gasteiger partial charge in [0.2, 0.25) is 0 Å². The predicted octanol–water partition coefficient (Wildman–Crippen LogP) is 3.80. The van der Waals surface area contributed by atoms with Crippen molar-refractivity contribution in [3.05, 3.63) is 23.7 Å². The van der Waals surface area contributed by atoms with Crippen molar-refractivity contribution in [2.75, 3.05) is 0 Å². The van der Waals surface area contributed by atoms with Gasteiger partial charge in [0.05, 0.1) is 18.7 Å². The van der Waals surface area contributed by atoms with Crippen molar-refractivity contribution in [2.24, 2.45) is 5.92 Å². The van der Waals surface area contributed by atoms with Gasteiger partial charge in [0.1, 0.15) is 5.76 Å². The van der Waals surface area contributed by atoms with Gasteiger partial charge in [-0.15, -0.1) is 0 Å². The fourth-order valence-corrected chi connectivity index (χ4v) is 2.49. The van der Waals surface area contributed by atoms with Crippen molar-refractivity contribution >= 4 is 0 Å². The van der Waals surface area contributed by atoms with E-state index < -0.39 is 12.1 Å². The number of nitrogens with one attached hydrogen (secondary N) is 1. The van der Waals surface area contributed by atoms with E-state index in [0.29, 0.717) is 13.0 Å². The first kappa shape index (κ1) is 13.5. The van der Waals surface area contributed by atoms with E-state index in [1.54, 1.807) is 6.26 Å². The molecule has 102 valence electrons. The Bertz CT molecular complexity index is 386. The molecule has 2 unspecified atom stereocenters. The second-order valence-corrected chi connectivity index (χ2v) is 5.01. The van der Waals surface area contributed by atoms with Crippen LogP contribution in [0.2, 0.25) is 0 Å². The molecule has 0 aliphatic heterocycles. The third-order valence-electron chi connectivity index (χ3n) is 3.66. The van der Waals surface area contributed by atoms with Crippen LogP contribution in [0.3, 0.4) is 0 Å². The molecule has 0 aromatic carbocycles. The molecule has 0 amide bonds. The predicted molar refractivity (Wildman–Crippen MR) is 62.1 cm³/mol. The van der Waals surface area contributed by atoms with Crippen molar-refractivity contribution in [3.63, 3.8) is 0 Å². The maximum Gasteiger partial charge on any atom is 0.391 e. The molecule has 2 rings (SSSR count). The zero-order valence-electron chi connectivity index (χ0n) is 10.4. The van der Waals surface area contributed by atoms with Crippen LogP contribution in [0.25, 0.3) is 0 Å². The minimum atomic E-state index is -4.05. The maximum atomic E-state index is 12.6. The lowest BCUT2D eigenvalue weighted by Gasteiger charge is -2.31. The highest BCUT2D eigenvalue weighted by atomic mass is 19.4. The van der Waals surface area contributed by atoms with Gasteiger partial charge < -0.3 is 9.73 Å². The SMILES string of the molecule is Cc1ccoc1CNC1CCCC(C(F)(F)F)C1. The third kappa shape index (κ3) is 3.28. The van der Waals surface area contributed by atoms with Gasteiger partial charge in [-0.2, -0.15) is 13.2 Å². The minimum absolute atomic E-state index is 0.0603. The van der Waals surface area contributed by atoms with Gasteiger partial charge in [0.15, 0.2) is 0 Å². The number of alkyl halides is 3. The van der Waals surface area contributed by atoms with Crippen molar-refractivity contribution in [3.8, 4) is 0 Å². The molecule has 1 saturated carbocycles. The van der Waals surface area contributed by atoms with Gasteiger partial charge in [0.25, 0.3) is 0 Å². The average Bonchev–Trinajstić information content (AvgIpc) is 2.72. The largest absolute Gasteiger partial charge is 0.468 e. The summed E-state index contributed by atoms with van der Waals surface area (Å²) in [5, 5.41) is 3.17. The standard InChI is InChI=1S/C13H18F3NO/c1-9-5-6-18-12(9)8-17-11-4-2-3-10(7-11)13(14,15)16/h5-6,10-11,17H,2-4,7-8H2,1H3. The van der Waals surface area contributed by atoms with E-state index in [9.17, 15) is 13.2 Å². The quantitative estimate of drug-likeness (QED) is 0.895. The number of halogens is 3. The highest BCUT2D eigenvalue weighted by Gasteiger charge is 2.41. The Morgan fingerprint density at radius 1 is 1.39 bits per heavy atom. The maximum absolute atomic E-state index is 12.6. The van der Waals surface area contributed by atoms with Gasteiger partial charge in [-0.05, 0) is 37.8 Å². The molecule has 1 aliphatic rings. The van der Waals surface area contributed by atoms with Gasteiger partial charge in [-0.3, -0.25) is 0 Å². The molecule has 0 saturated heterocycles. The number of hydrogen-bond acceptors (Lipinski definition) is 2. The van der Waals surface area contributed by atoms with Crippen LogP contribution in [0.15, 0.2) is 16.7 Å². The highest BCUT2D eigenvalue weighted by Crippen LogP contribution is 2.37. The summed E-state index contributed by atoms with van der Waals surface area (Å²) < 4.78 is 43.2. The molecule has 5 heteroatoms. The van der Waals surface area contributed by atoms with E-state index >= 15 is 0 Å². The van der Waals surface area contributed by atoms with E-state index in [4.69, 9.17) is 4.42 Å². The van der Waals surface area contributed by atoms with Crippen LogP contribution < -0.4 is 5.32 Å². The van der Waals surface area contributed by atoms with Crippen LogP contribution in [-0.4, -0.2) is 12.2 Å².